The van der Waals surface area contributed by atoms with E-state index in [1.807, 2.05) is 37.1 Å². The first-order valence-electron chi connectivity index (χ1n) is 8.23. The summed E-state index contributed by atoms with van der Waals surface area (Å²) in [5, 5.41) is 12.0. The lowest BCUT2D eigenvalue weighted by Gasteiger charge is -2.31. The molecule has 1 amide bonds. The zero-order chi connectivity index (χ0) is 17.1. The lowest BCUT2D eigenvalue weighted by Crippen LogP contribution is -2.40. The molecule has 2 aromatic rings. The van der Waals surface area contributed by atoms with Gasteiger partial charge in [0, 0.05) is 13.1 Å². The van der Waals surface area contributed by atoms with Crippen LogP contribution in [0.25, 0.3) is 5.69 Å². The fourth-order valence-corrected chi connectivity index (χ4v) is 3.37. The Morgan fingerprint density at radius 1 is 1.32 bits per heavy atom. The van der Waals surface area contributed by atoms with Gasteiger partial charge in [0.2, 0.25) is 0 Å². The molecule has 0 radical (unpaired) electrons. The minimum Gasteiger partial charge on any atom is -0.337 e. The highest BCUT2D eigenvalue weighted by Gasteiger charge is 2.27. The van der Waals surface area contributed by atoms with Gasteiger partial charge in [-0.2, -0.15) is 0 Å². The molecular weight excluding hydrogens is 361 g/mol. The molecule has 1 aromatic heterocycles. The van der Waals surface area contributed by atoms with Gasteiger partial charge >= 0.3 is 0 Å². The maximum Gasteiger partial charge on any atom is 0.276 e. The van der Waals surface area contributed by atoms with Gasteiger partial charge in [-0.25, -0.2) is 4.68 Å². The van der Waals surface area contributed by atoms with Gasteiger partial charge in [-0.15, -0.1) is 17.5 Å². The zero-order valence-corrected chi connectivity index (χ0v) is 16.0. The molecule has 136 valence electrons. The average Bonchev–Trinajstić information content (AvgIpc) is 2.97. The maximum atomic E-state index is 12.8. The summed E-state index contributed by atoms with van der Waals surface area (Å²) in [7, 11) is 1.97. The van der Waals surface area contributed by atoms with Crippen molar-refractivity contribution in [2.24, 2.45) is 5.92 Å². The first-order chi connectivity index (χ1) is 11.6. The van der Waals surface area contributed by atoms with E-state index in [2.05, 4.69) is 15.6 Å². The predicted molar refractivity (Wildman–Crippen MR) is 101 cm³/mol. The van der Waals surface area contributed by atoms with E-state index in [4.69, 9.17) is 11.6 Å². The van der Waals surface area contributed by atoms with Crippen molar-refractivity contribution in [1.82, 2.24) is 25.2 Å². The number of nitrogens with one attached hydrogen (secondary N) is 1. The van der Waals surface area contributed by atoms with Crippen LogP contribution in [0.3, 0.4) is 0 Å². The molecule has 3 rings (SSSR count). The number of nitrogens with zero attached hydrogens (tertiary/aromatic N) is 4. The van der Waals surface area contributed by atoms with Crippen molar-refractivity contribution >= 4 is 29.9 Å². The number of likely N-dealkylation sites (tertiary alicyclic amines) is 1. The summed E-state index contributed by atoms with van der Waals surface area (Å²) in [6, 6.07) is 7.41. The van der Waals surface area contributed by atoms with Crippen LogP contribution in [0.15, 0.2) is 24.3 Å². The van der Waals surface area contributed by atoms with E-state index in [1.54, 1.807) is 10.7 Å². The van der Waals surface area contributed by atoms with Gasteiger partial charge in [-0.3, -0.25) is 4.79 Å². The number of amides is 1. The monoisotopic (exact) mass is 383 g/mol. The maximum absolute atomic E-state index is 12.8. The summed E-state index contributed by atoms with van der Waals surface area (Å²) in [5.41, 5.74) is 1.85. The molecule has 1 aromatic carbocycles. The Bertz CT molecular complexity index is 726. The minimum absolute atomic E-state index is 0. The Morgan fingerprint density at radius 2 is 2.00 bits per heavy atom. The molecule has 1 aliphatic rings. The van der Waals surface area contributed by atoms with Crippen molar-refractivity contribution in [3.63, 3.8) is 0 Å². The van der Waals surface area contributed by atoms with Gasteiger partial charge in [0.15, 0.2) is 5.69 Å². The third-order valence-electron chi connectivity index (χ3n) is 4.57. The van der Waals surface area contributed by atoms with Crippen LogP contribution in [-0.2, 0) is 0 Å². The smallest absolute Gasteiger partial charge is 0.276 e. The van der Waals surface area contributed by atoms with E-state index < -0.39 is 0 Å². The van der Waals surface area contributed by atoms with Crippen LogP contribution in [0.4, 0.5) is 0 Å². The Kier molecular flexibility index (Phi) is 6.81. The number of carbonyl (C=O) groups is 1. The lowest BCUT2D eigenvalue weighted by atomic mass is 9.96. The summed E-state index contributed by atoms with van der Waals surface area (Å²) in [5.74, 6) is 0.590. The number of hydrogen-bond donors (Lipinski definition) is 1. The Labute approximate surface area is 158 Å². The molecular formula is C17H23Cl2N5O. The van der Waals surface area contributed by atoms with Crippen LogP contribution in [0, 0.1) is 12.8 Å². The molecule has 1 fully saturated rings. The second-order valence-corrected chi connectivity index (χ2v) is 6.59. The molecule has 1 N–H and O–H groups in total. The van der Waals surface area contributed by atoms with Crippen LogP contribution in [0.1, 0.15) is 29.0 Å². The van der Waals surface area contributed by atoms with Crippen molar-refractivity contribution in [3.8, 4) is 5.69 Å². The Morgan fingerprint density at radius 3 is 2.64 bits per heavy atom. The van der Waals surface area contributed by atoms with E-state index in [1.165, 1.54) is 0 Å². The SMILES string of the molecule is CNCC1CCN(C(=O)c2nnn(-c3ccccc3Cl)c2C)CC1.Cl. The standard InChI is InChI=1S/C17H22ClN5O.ClH/c1-12-16(17(24)22-9-7-13(8-10-22)11-19-2)20-21-23(12)15-6-4-3-5-14(15)18;/h3-6,13,19H,7-11H2,1-2H3;1H. The molecule has 0 unspecified atom stereocenters. The molecule has 0 spiro atoms. The molecule has 0 aliphatic carbocycles. The first kappa shape index (κ1) is 19.7. The third-order valence-corrected chi connectivity index (χ3v) is 4.89. The molecule has 0 saturated carbocycles. The number of carbonyl (C=O) groups excluding carboxylic acids is 1. The van der Waals surface area contributed by atoms with Gasteiger partial charge < -0.3 is 10.2 Å². The van der Waals surface area contributed by atoms with E-state index in [0.717, 1.165) is 38.2 Å². The number of rotatable bonds is 4. The van der Waals surface area contributed by atoms with E-state index in [9.17, 15) is 4.79 Å². The molecule has 1 aliphatic heterocycles. The van der Waals surface area contributed by atoms with Gasteiger partial charge in [0.05, 0.1) is 16.4 Å². The normalized spacial score (nSPS) is 15.1. The summed E-state index contributed by atoms with van der Waals surface area (Å²) >= 11 is 6.22. The predicted octanol–water partition coefficient (Wildman–Crippen LogP) is 2.72. The summed E-state index contributed by atoms with van der Waals surface area (Å²) < 4.78 is 1.63. The van der Waals surface area contributed by atoms with Crippen LogP contribution < -0.4 is 5.32 Å². The molecule has 1 saturated heterocycles. The van der Waals surface area contributed by atoms with Gasteiger partial charge in [-0.05, 0) is 51.4 Å². The van der Waals surface area contributed by atoms with E-state index in [-0.39, 0.29) is 18.3 Å². The number of halogens is 2. The largest absolute Gasteiger partial charge is 0.337 e. The first-order valence-corrected chi connectivity index (χ1v) is 8.60. The van der Waals surface area contributed by atoms with Crippen molar-refractivity contribution in [2.75, 3.05) is 26.7 Å². The second kappa shape index (κ2) is 8.65. The zero-order valence-electron chi connectivity index (χ0n) is 14.4. The van der Waals surface area contributed by atoms with E-state index in [0.29, 0.717) is 22.3 Å². The van der Waals surface area contributed by atoms with Gasteiger partial charge in [0.25, 0.3) is 5.91 Å². The van der Waals surface area contributed by atoms with Crippen LogP contribution in [0.2, 0.25) is 5.02 Å². The number of piperidine rings is 1. The highest BCUT2D eigenvalue weighted by Crippen LogP contribution is 2.23. The fourth-order valence-electron chi connectivity index (χ4n) is 3.16. The van der Waals surface area contributed by atoms with Gasteiger partial charge in [0.1, 0.15) is 0 Å². The van der Waals surface area contributed by atoms with E-state index >= 15 is 0 Å². The van der Waals surface area contributed by atoms with Crippen molar-refractivity contribution in [2.45, 2.75) is 19.8 Å². The third kappa shape index (κ3) is 4.14. The molecule has 8 heteroatoms. The molecule has 6 nitrogen and oxygen atoms in total. The Balaban J connectivity index is 0.00000225. The summed E-state index contributed by atoms with van der Waals surface area (Å²) in [6.45, 7) is 4.39. The minimum atomic E-state index is -0.0475. The average molecular weight is 384 g/mol. The number of para-hydroxylation sites is 1. The highest BCUT2D eigenvalue weighted by atomic mass is 35.5. The molecule has 0 bridgehead atoms. The lowest BCUT2D eigenvalue weighted by molar-refractivity contribution is 0.0684. The number of benzene rings is 1. The summed E-state index contributed by atoms with van der Waals surface area (Å²) in [6.07, 6.45) is 2.04. The summed E-state index contributed by atoms with van der Waals surface area (Å²) in [4.78, 5) is 14.7. The number of hydrogen-bond acceptors (Lipinski definition) is 4. The Hall–Kier alpha value is -1.63. The van der Waals surface area contributed by atoms with Crippen LogP contribution in [0.5, 0.6) is 0 Å². The van der Waals surface area contributed by atoms with Crippen molar-refractivity contribution in [1.29, 1.82) is 0 Å². The van der Waals surface area contributed by atoms with Crippen molar-refractivity contribution < 1.29 is 4.79 Å². The quantitative estimate of drug-likeness (QED) is 0.881. The van der Waals surface area contributed by atoms with Crippen LogP contribution >= 0.6 is 24.0 Å². The fraction of sp³-hybridized carbons (Fsp3) is 0.471. The number of aromatic nitrogens is 3. The van der Waals surface area contributed by atoms with Crippen molar-refractivity contribution in [3.05, 3.63) is 40.7 Å². The topological polar surface area (TPSA) is 63.1 Å². The second-order valence-electron chi connectivity index (χ2n) is 6.18. The highest BCUT2D eigenvalue weighted by molar-refractivity contribution is 6.32. The van der Waals surface area contributed by atoms with Gasteiger partial charge in [-0.1, -0.05) is 28.9 Å². The molecule has 0 atom stereocenters. The molecule has 2 heterocycles. The molecule has 25 heavy (non-hydrogen) atoms. The van der Waals surface area contributed by atoms with Crippen LogP contribution in [-0.4, -0.2) is 52.5 Å².